The molecule has 0 bridgehead atoms. The van der Waals surface area contributed by atoms with Gasteiger partial charge in [-0.25, -0.2) is 0 Å². The summed E-state index contributed by atoms with van der Waals surface area (Å²) in [6.45, 7) is 6.58. The van der Waals surface area contributed by atoms with Crippen molar-refractivity contribution < 1.29 is 4.74 Å². The fraction of sp³-hybridized carbons (Fsp3) is 1.00. The predicted octanol–water partition coefficient (Wildman–Crippen LogP) is 9.76. The van der Waals surface area contributed by atoms with Crippen LogP contribution in [-0.2, 0) is 4.74 Å². The van der Waals surface area contributed by atoms with Crippen molar-refractivity contribution in [1.82, 2.24) is 0 Å². The van der Waals surface area contributed by atoms with Crippen LogP contribution in [-0.4, -0.2) is 42.8 Å². The quantitative estimate of drug-likeness (QED) is 0.0972. The van der Waals surface area contributed by atoms with Gasteiger partial charge < -0.3 is 4.74 Å². The molecule has 30 heavy (non-hydrogen) atoms. The van der Waals surface area contributed by atoms with E-state index in [4.69, 9.17) is 4.74 Å². The monoisotopic (exact) mass is 434 g/mol. The zero-order valence-electron chi connectivity index (χ0n) is 20.8. The second-order valence-corrected chi connectivity index (χ2v) is 9.39. The van der Waals surface area contributed by atoms with Gasteiger partial charge in [-0.05, 0) is 12.8 Å². The summed E-state index contributed by atoms with van der Waals surface area (Å²) in [6.07, 6.45) is 34.1. The van der Waals surface area contributed by atoms with Crippen LogP contribution in [0.1, 0.15) is 168 Å². The van der Waals surface area contributed by atoms with Crippen LogP contribution in [0, 0.1) is 0 Å². The van der Waals surface area contributed by atoms with Crippen LogP contribution in [0.4, 0.5) is 0 Å². The average Bonchev–Trinajstić information content (AvgIpc) is 2.74. The van der Waals surface area contributed by atoms with Gasteiger partial charge >= 0.3 is 29.6 Å². The standard InChI is InChI=1S/C28H58O.Na.H/c1-3-5-7-9-11-13-15-17-19-21-23-25-27-29-28-26-24-22-20-18-16-14-12-10-8-6-4-2;;/h3-28H2,1-2H3;;. The molecule has 0 aliphatic carbocycles. The number of unbranched alkanes of at least 4 members (excludes halogenated alkanes) is 22. The van der Waals surface area contributed by atoms with Crippen LogP contribution in [0.5, 0.6) is 0 Å². The molecule has 0 aromatic heterocycles. The second kappa shape index (κ2) is 32.1. The number of rotatable bonds is 26. The third kappa shape index (κ3) is 31.1. The predicted molar refractivity (Wildman–Crippen MR) is 140 cm³/mol. The molecule has 0 aliphatic rings. The fourth-order valence-electron chi connectivity index (χ4n) is 4.19. The molecule has 0 spiro atoms. The van der Waals surface area contributed by atoms with E-state index in [1.54, 1.807) is 0 Å². The van der Waals surface area contributed by atoms with E-state index in [0.717, 1.165) is 13.2 Å². The Morgan fingerprint density at radius 3 is 0.733 bits per heavy atom. The molecule has 0 atom stereocenters. The first-order valence-electron chi connectivity index (χ1n) is 14.0. The SMILES string of the molecule is CCCCCCCCCCCCCCOCCCCCCCCCCCCCC.[NaH]. The van der Waals surface area contributed by atoms with E-state index < -0.39 is 0 Å². The Labute approximate surface area is 214 Å². The van der Waals surface area contributed by atoms with Crippen molar-refractivity contribution in [2.75, 3.05) is 13.2 Å². The summed E-state index contributed by atoms with van der Waals surface area (Å²) in [5, 5.41) is 0. The van der Waals surface area contributed by atoms with E-state index in [0.29, 0.717) is 0 Å². The van der Waals surface area contributed by atoms with Crippen molar-refractivity contribution in [2.45, 2.75) is 168 Å². The van der Waals surface area contributed by atoms with Crippen molar-refractivity contribution in [3.8, 4) is 0 Å². The molecule has 178 valence electrons. The molecule has 0 N–H and O–H groups in total. The van der Waals surface area contributed by atoms with E-state index in [1.807, 2.05) is 0 Å². The Balaban J connectivity index is 0. The van der Waals surface area contributed by atoms with Crippen molar-refractivity contribution in [2.24, 2.45) is 0 Å². The summed E-state index contributed by atoms with van der Waals surface area (Å²) in [5.74, 6) is 0. The van der Waals surface area contributed by atoms with Gasteiger partial charge in [0, 0.05) is 13.2 Å². The van der Waals surface area contributed by atoms with E-state index >= 15 is 0 Å². The van der Waals surface area contributed by atoms with E-state index in [-0.39, 0.29) is 29.6 Å². The molecule has 0 fully saturated rings. The molecule has 0 radical (unpaired) electrons. The van der Waals surface area contributed by atoms with Crippen LogP contribution in [0.2, 0.25) is 0 Å². The Morgan fingerprint density at radius 2 is 0.500 bits per heavy atom. The van der Waals surface area contributed by atoms with Gasteiger partial charge in [-0.1, -0.05) is 155 Å². The molecule has 0 saturated carbocycles. The zero-order chi connectivity index (χ0) is 21.1. The molecule has 0 aromatic carbocycles. The molecule has 0 amide bonds. The summed E-state index contributed by atoms with van der Waals surface area (Å²) in [4.78, 5) is 0. The van der Waals surface area contributed by atoms with Crippen LogP contribution in [0.3, 0.4) is 0 Å². The molecular weight excluding hydrogens is 375 g/mol. The average molecular weight is 435 g/mol. The summed E-state index contributed by atoms with van der Waals surface area (Å²) < 4.78 is 5.82. The first-order chi connectivity index (χ1) is 14.4. The number of hydrogen-bond acceptors (Lipinski definition) is 1. The van der Waals surface area contributed by atoms with Gasteiger partial charge in [0.1, 0.15) is 0 Å². The van der Waals surface area contributed by atoms with Gasteiger partial charge in [-0.15, -0.1) is 0 Å². The normalized spacial score (nSPS) is 11.0. The van der Waals surface area contributed by atoms with Crippen molar-refractivity contribution in [1.29, 1.82) is 0 Å². The molecule has 0 unspecified atom stereocenters. The topological polar surface area (TPSA) is 9.23 Å². The van der Waals surface area contributed by atoms with Gasteiger partial charge in [-0.2, -0.15) is 0 Å². The summed E-state index contributed by atoms with van der Waals surface area (Å²) in [5.41, 5.74) is 0. The van der Waals surface area contributed by atoms with E-state index in [2.05, 4.69) is 13.8 Å². The van der Waals surface area contributed by atoms with Crippen molar-refractivity contribution in [3.63, 3.8) is 0 Å². The zero-order valence-corrected chi connectivity index (χ0v) is 20.8. The van der Waals surface area contributed by atoms with Crippen LogP contribution >= 0.6 is 0 Å². The molecule has 0 aromatic rings. The Kier molecular flexibility index (Phi) is 35.5. The summed E-state index contributed by atoms with van der Waals surface area (Å²) in [6, 6.07) is 0. The Morgan fingerprint density at radius 1 is 0.300 bits per heavy atom. The maximum atomic E-state index is 5.82. The third-order valence-electron chi connectivity index (χ3n) is 6.28. The maximum absolute atomic E-state index is 5.82. The molecule has 0 rings (SSSR count). The van der Waals surface area contributed by atoms with E-state index in [1.165, 1.54) is 154 Å². The van der Waals surface area contributed by atoms with Crippen LogP contribution in [0.25, 0.3) is 0 Å². The van der Waals surface area contributed by atoms with Crippen LogP contribution < -0.4 is 0 Å². The van der Waals surface area contributed by atoms with Gasteiger partial charge in [-0.3, -0.25) is 0 Å². The fourth-order valence-corrected chi connectivity index (χ4v) is 4.19. The third-order valence-corrected chi connectivity index (χ3v) is 6.28. The van der Waals surface area contributed by atoms with Gasteiger partial charge in [0.2, 0.25) is 0 Å². The first-order valence-corrected chi connectivity index (χ1v) is 14.0. The minimum absolute atomic E-state index is 0. The van der Waals surface area contributed by atoms with Crippen LogP contribution in [0.15, 0.2) is 0 Å². The Bertz CT molecular complexity index is 243. The van der Waals surface area contributed by atoms with Gasteiger partial charge in [0.25, 0.3) is 0 Å². The molecule has 0 aliphatic heterocycles. The Hall–Kier alpha value is 0.960. The second-order valence-electron chi connectivity index (χ2n) is 9.39. The van der Waals surface area contributed by atoms with Crippen molar-refractivity contribution >= 4 is 29.6 Å². The molecule has 0 heterocycles. The van der Waals surface area contributed by atoms with Gasteiger partial charge in [0.15, 0.2) is 0 Å². The molecular formula is C28H59NaO. The summed E-state index contributed by atoms with van der Waals surface area (Å²) >= 11 is 0. The molecule has 0 saturated heterocycles. The number of ether oxygens (including phenoxy) is 1. The summed E-state index contributed by atoms with van der Waals surface area (Å²) in [7, 11) is 0. The molecule has 2 heteroatoms. The number of hydrogen-bond donors (Lipinski definition) is 0. The van der Waals surface area contributed by atoms with Gasteiger partial charge in [0.05, 0.1) is 0 Å². The molecule has 1 nitrogen and oxygen atoms in total. The van der Waals surface area contributed by atoms with E-state index in [9.17, 15) is 0 Å². The minimum atomic E-state index is 0. The van der Waals surface area contributed by atoms with Crippen molar-refractivity contribution in [3.05, 3.63) is 0 Å². The first kappa shape index (κ1) is 33.1.